The number of aliphatic hydroxyl groups is 1. The number of hydrogen-bond donors (Lipinski definition) is 1. The fourth-order valence-corrected chi connectivity index (χ4v) is 2.13. The molecule has 1 aromatic rings. The monoisotopic (exact) mass is 319 g/mol. The molecule has 0 aromatic heterocycles. The van der Waals surface area contributed by atoms with Crippen LogP contribution in [0.4, 0.5) is 0 Å². The van der Waals surface area contributed by atoms with E-state index in [1.54, 1.807) is 30.3 Å². The first-order valence-corrected chi connectivity index (χ1v) is 6.99. The van der Waals surface area contributed by atoms with E-state index in [4.69, 9.17) is 19.7 Å². The zero-order valence-electron chi connectivity index (χ0n) is 12.3. The summed E-state index contributed by atoms with van der Waals surface area (Å²) in [5, 5.41) is 13.7. The van der Waals surface area contributed by atoms with Crippen molar-refractivity contribution in [3.63, 3.8) is 0 Å². The topological polar surface area (TPSA) is 114 Å². The molecule has 1 fully saturated rings. The fourth-order valence-electron chi connectivity index (χ4n) is 2.13. The number of esters is 1. The summed E-state index contributed by atoms with van der Waals surface area (Å²) in [5.74, 6) is -0.632. The largest absolute Gasteiger partial charge is 0.451 e. The molecule has 1 aliphatic rings. The smallest absolute Gasteiger partial charge is 0.338 e. The lowest BCUT2D eigenvalue weighted by molar-refractivity contribution is -0.243. The summed E-state index contributed by atoms with van der Waals surface area (Å²) in [6.45, 7) is 3.65. The lowest BCUT2D eigenvalue weighted by Crippen LogP contribution is -2.54. The van der Waals surface area contributed by atoms with E-state index in [2.05, 4.69) is 16.6 Å². The van der Waals surface area contributed by atoms with Gasteiger partial charge < -0.3 is 19.3 Å². The number of hydrogen-bond acceptors (Lipinski definition) is 6. The van der Waals surface area contributed by atoms with Gasteiger partial charge >= 0.3 is 5.97 Å². The predicted molar refractivity (Wildman–Crippen MR) is 80.5 cm³/mol. The number of ether oxygens (including phenoxy) is 3. The Kier molecular flexibility index (Phi) is 6.13. The SMILES string of the molecule is C=CCO[C@H]1OC[C@H](N=[N+]=[N-])[C@H](O)[C@@H]1OC(=O)c1ccccc1. The highest BCUT2D eigenvalue weighted by molar-refractivity contribution is 5.89. The van der Waals surface area contributed by atoms with Crippen molar-refractivity contribution in [3.8, 4) is 0 Å². The van der Waals surface area contributed by atoms with E-state index in [9.17, 15) is 9.90 Å². The van der Waals surface area contributed by atoms with Crippen LogP contribution in [0.2, 0.25) is 0 Å². The van der Waals surface area contributed by atoms with Gasteiger partial charge in [-0.15, -0.1) is 6.58 Å². The molecule has 0 amide bonds. The number of carbonyl (C=O) groups excluding carboxylic acids is 1. The van der Waals surface area contributed by atoms with Crippen molar-refractivity contribution in [3.05, 3.63) is 59.0 Å². The van der Waals surface area contributed by atoms with E-state index in [0.717, 1.165) is 0 Å². The molecule has 1 aromatic carbocycles. The normalized spacial score (nSPS) is 26.8. The predicted octanol–water partition coefficient (Wildman–Crippen LogP) is 1.81. The van der Waals surface area contributed by atoms with Gasteiger partial charge in [-0.3, -0.25) is 0 Å². The Morgan fingerprint density at radius 3 is 2.91 bits per heavy atom. The quantitative estimate of drug-likeness (QED) is 0.282. The molecule has 1 heterocycles. The van der Waals surface area contributed by atoms with Crippen LogP contribution in [-0.2, 0) is 14.2 Å². The van der Waals surface area contributed by atoms with E-state index in [1.165, 1.54) is 6.08 Å². The van der Waals surface area contributed by atoms with Gasteiger partial charge in [0.2, 0.25) is 0 Å². The third-order valence-electron chi connectivity index (χ3n) is 3.26. The van der Waals surface area contributed by atoms with E-state index < -0.39 is 30.5 Å². The van der Waals surface area contributed by atoms with Gasteiger partial charge in [-0.1, -0.05) is 29.4 Å². The highest BCUT2D eigenvalue weighted by Gasteiger charge is 2.42. The molecule has 0 saturated carbocycles. The number of nitrogens with zero attached hydrogens (tertiary/aromatic N) is 3. The zero-order valence-corrected chi connectivity index (χ0v) is 12.3. The molecule has 23 heavy (non-hydrogen) atoms. The molecule has 8 nitrogen and oxygen atoms in total. The van der Waals surface area contributed by atoms with Crippen LogP contribution in [0.1, 0.15) is 10.4 Å². The maximum absolute atomic E-state index is 12.2. The summed E-state index contributed by atoms with van der Waals surface area (Å²) in [4.78, 5) is 14.8. The van der Waals surface area contributed by atoms with Crippen LogP contribution >= 0.6 is 0 Å². The van der Waals surface area contributed by atoms with E-state index in [-0.39, 0.29) is 13.2 Å². The number of benzene rings is 1. The summed E-state index contributed by atoms with van der Waals surface area (Å²) in [7, 11) is 0. The van der Waals surface area contributed by atoms with Crippen molar-refractivity contribution < 1.29 is 24.1 Å². The lowest BCUT2D eigenvalue weighted by atomic mass is 10.0. The third-order valence-corrected chi connectivity index (χ3v) is 3.26. The summed E-state index contributed by atoms with van der Waals surface area (Å²) < 4.78 is 16.1. The molecule has 4 atom stereocenters. The summed E-state index contributed by atoms with van der Waals surface area (Å²) in [5.41, 5.74) is 8.86. The Morgan fingerprint density at radius 2 is 2.26 bits per heavy atom. The van der Waals surface area contributed by atoms with Crippen molar-refractivity contribution in [1.29, 1.82) is 0 Å². The first kappa shape index (κ1) is 17.0. The van der Waals surface area contributed by atoms with Crippen molar-refractivity contribution in [1.82, 2.24) is 0 Å². The second-order valence-electron chi connectivity index (χ2n) is 4.82. The standard InChI is InChI=1S/C15H17N3O5/c1-2-8-21-15-13(12(19)11(9-22-15)17-18-16)23-14(20)10-6-4-3-5-7-10/h2-7,11-13,15,19H,1,8-9H2/t11-,12-,13-,15-/m0/s1. The third kappa shape index (κ3) is 4.30. The first-order valence-electron chi connectivity index (χ1n) is 6.99. The Hall–Kier alpha value is -2.38. The fraction of sp³-hybridized carbons (Fsp3) is 0.400. The van der Waals surface area contributed by atoms with Crippen molar-refractivity contribution in [2.75, 3.05) is 13.2 Å². The van der Waals surface area contributed by atoms with Gasteiger partial charge in [0.1, 0.15) is 6.10 Å². The van der Waals surface area contributed by atoms with E-state index in [1.807, 2.05) is 0 Å². The second-order valence-corrected chi connectivity index (χ2v) is 4.82. The average Bonchev–Trinajstić information content (AvgIpc) is 2.58. The zero-order chi connectivity index (χ0) is 16.7. The Labute approximate surface area is 132 Å². The molecular formula is C15H17N3O5. The molecule has 1 saturated heterocycles. The second kappa shape index (κ2) is 8.30. The minimum absolute atomic E-state index is 0.0353. The number of carbonyl (C=O) groups is 1. The van der Waals surface area contributed by atoms with Crippen molar-refractivity contribution >= 4 is 5.97 Å². The summed E-state index contributed by atoms with van der Waals surface area (Å²) >= 11 is 0. The summed E-state index contributed by atoms with van der Waals surface area (Å²) in [6.07, 6.45) is -1.82. The number of rotatable bonds is 6. The number of aliphatic hydroxyl groups excluding tert-OH is 1. The Bertz CT molecular complexity index is 588. The van der Waals surface area contributed by atoms with Gasteiger partial charge in [0, 0.05) is 4.91 Å². The van der Waals surface area contributed by atoms with Crippen molar-refractivity contribution in [2.24, 2.45) is 5.11 Å². The van der Waals surface area contributed by atoms with Gasteiger partial charge in [-0.2, -0.15) is 0 Å². The van der Waals surface area contributed by atoms with Crippen LogP contribution in [0.15, 0.2) is 48.1 Å². The van der Waals surface area contributed by atoms with Gasteiger partial charge in [-0.05, 0) is 17.7 Å². The van der Waals surface area contributed by atoms with E-state index >= 15 is 0 Å². The Balaban J connectivity index is 2.14. The molecule has 122 valence electrons. The highest BCUT2D eigenvalue weighted by atomic mass is 16.7. The van der Waals surface area contributed by atoms with Crippen LogP contribution in [-0.4, -0.2) is 48.8 Å². The van der Waals surface area contributed by atoms with Crippen LogP contribution in [0.3, 0.4) is 0 Å². The molecule has 0 aliphatic carbocycles. The van der Waals surface area contributed by atoms with Gasteiger partial charge in [0.25, 0.3) is 0 Å². The highest BCUT2D eigenvalue weighted by Crippen LogP contribution is 2.23. The van der Waals surface area contributed by atoms with Gasteiger partial charge in [0.15, 0.2) is 12.4 Å². The summed E-state index contributed by atoms with van der Waals surface area (Å²) in [6, 6.07) is 7.46. The molecule has 0 spiro atoms. The minimum Gasteiger partial charge on any atom is -0.451 e. The molecule has 2 rings (SSSR count). The number of azide groups is 1. The maximum Gasteiger partial charge on any atom is 0.338 e. The van der Waals surface area contributed by atoms with E-state index in [0.29, 0.717) is 5.56 Å². The van der Waals surface area contributed by atoms with Crippen LogP contribution in [0, 0.1) is 0 Å². The molecule has 0 bridgehead atoms. The van der Waals surface area contributed by atoms with Gasteiger partial charge in [0.05, 0.1) is 24.8 Å². The molecule has 1 aliphatic heterocycles. The lowest BCUT2D eigenvalue weighted by Gasteiger charge is -2.37. The first-order chi connectivity index (χ1) is 11.2. The molecule has 0 radical (unpaired) electrons. The van der Waals surface area contributed by atoms with Gasteiger partial charge in [-0.25, -0.2) is 4.79 Å². The van der Waals surface area contributed by atoms with Crippen molar-refractivity contribution in [2.45, 2.75) is 24.5 Å². The molecule has 8 heteroatoms. The van der Waals surface area contributed by atoms with Crippen LogP contribution < -0.4 is 0 Å². The Morgan fingerprint density at radius 1 is 1.52 bits per heavy atom. The minimum atomic E-state index is -1.23. The molecule has 0 unspecified atom stereocenters. The maximum atomic E-state index is 12.2. The van der Waals surface area contributed by atoms with Crippen LogP contribution in [0.5, 0.6) is 0 Å². The molecule has 1 N–H and O–H groups in total. The molecular weight excluding hydrogens is 302 g/mol. The van der Waals surface area contributed by atoms with Crippen LogP contribution in [0.25, 0.3) is 10.4 Å². The average molecular weight is 319 g/mol.